The van der Waals surface area contributed by atoms with Crippen LogP contribution in [0.2, 0.25) is 0 Å². The van der Waals surface area contributed by atoms with Crippen molar-refractivity contribution in [3.63, 3.8) is 0 Å². The molecular weight excluding hydrogens is 125 g/mol. The molecule has 0 amide bonds. The molecule has 0 aliphatic rings. The van der Waals surface area contributed by atoms with Gasteiger partial charge in [-0.05, 0) is 0 Å². The maximum atomic E-state index is 7.45. The van der Waals surface area contributed by atoms with Crippen LogP contribution in [0.15, 0.2) is 25.3 Å². The molecule has 4 heteroatoms. The topological polar surface area (TPSA) is 66.5 Å². The van der Waals surface area contributed by atoms with Crippen molar-refractivity contribution in [1.82, 2.24) is 0 Å². The molecule has 3 nitrogen and oxygen atoms in total. The average molecular weight is 135 g/mol. The Hall–Kier alpha value is -0.210. The van der Waals surface area contributed by atoms with E-state index in [1.165, 1.54) is 0 Å². The zero-order valence-electron chi connectivity index (χ0n) is 4.49. The molecule has 0 rings (SSSR count). The van der Waals surface area contributed by atoms with Crippen molar-refractivity contribution in [2.75, 3.05) is 0 Å². The Bertz CT molecular complexity index is 56.3. The predicted molar refractivity (Wildman–Crippen MR) is 35.9 cm³/mol. The molecule has 0 bridgehead atoms. The summed E-state index contributed by atoms with van der Waals surface area (Å²) in [5.74, 6) is 0. The Balaban J connectivity index is 0. The Morgan fingerprint density at radius 1 is 1.25 bits per heavy atom. The summed E-state index contributed by atoms with van der Waals surface area (Å²) in [6, 6.07) is 0. The van der Waals surface area contributed by atoms with Crippen molar-refractivity contribution in [3.05, 3.63) is 25.3 Å². The third-order valence-electron chi connectivity index (χ3n) is 0.167. The molecule has 8 heavy (non-hydrogen) atoms. The first-order valence-corrected chi connectivity index (χ1v) is 3.12. The highest BCUT2D eigenvalue weighted by atomic mass is 31.2. The second kappa shape index (κ2) is 9.92. The van der Waals surface area contributed by atoms with E-state index in [-0.39, 0.29) is 0 Å². The Labute approximate surface area is 50.1 Å². The maximum absolute atomic E-state index is 7.45. The van der Waals surface area contributed by atoms with E-state index in [4.69, 9.17) is 9.79 Å². The average Bonchev–Trinajstić information content (AvgIpc) is 1.65. The summed E-state index contributed by atoms with van der Waals surface area (Å²) >= 11 is 0. The van der Waals surface area contributed by atoms with Crippen LogP contribution < -0.4 is 5.50 Å². The fourth-order valence-corrected chi connectivity index (χ4v) is 0. The Kier molecular flexibility index (Phi) is 13.3. The van der Waals surface area contributed by atoms with Gasteiger partial charge in [-0.3, -0.25) is 5.50 Å². The third-order valence-corrected chi connectivity index (χ3v) is 0.167. The molecule has 0 atom stereocenters. The van der Waals surface area contributed by atoms with Crippen LogP contribution in [0.25, 0.3) is 0 Å². The van der Waals surface area contributed by atoms with Crippen LogP contribution in [0.1, 0.15) is 0 Å². The monoisotopic (exact) mass is 135 g/mol. The van der Waals surface area contributed by atoms with Gasteiger partial charge in [-0.15, -0.1) is 0 Å². The summed E-state index contributed by atoms with van der Waals surface area (Å²) in [5.41, 5.74) is 4.29. The SMILES string of the molecule is C=CC=C.NP(O)O. The minimum absolute atomic E-state index is 1.64. The Morgan fingerprint density at radius 2 is 1.38 bits per heavy atom. The quantitative estimate of drug-likeness (QED) is 0.362. The smallest absolute Gasteiger partial charge is 0.247 e. The second-order valence-corrected chi connectivity index (χ2v) is 1.43. The summed E-state index contributed by atoms with van der Waals surface area (Å²) in [5, 5.41) is 0. The zero-order valence-corrected chi connectivity index (χ0v) is 5.38. The van der Waals surface area contributed by atoms with Crippen molar-refractivity contribution in [3.8, 4) is 0 Å². The normalized spacial score (nSPS) is 7.00. The highest BCUT2D eigenvalue weighted by Gasteiger charge is 1.72. The molecular formula is C4H10NO2P. The van der Waals surface area contributed by atoms with Crippen molar-refractivity contribution in [1.29, 1.82) is 0 Å². The van der Waals surface area contributed by atoms with Crippen LogP contribution in [-0.2, 0) is 0 Å². The van der Waals surface area contributed by atoms with Gasteiger partial charge in [0, 0.05) is 0 Å². The van der Waals surface area contributed by atoms with E-state index < -0.39 is 8.53 Å². The van der Waals surface area contributed by atoms with Crippen LogP contribution in [0.5, 0.6) is 0 Å². The molecule has 0 fully saturated rings. The first kappa shape index (κ1) is 10.7. The molecule has 0 heterocycles. The summed E-state index contributed by atoms with van der Waals surface area (Å²) < 4.78 is 0. The number of allylic oxidation sites excluding steroid dienone is 2. The minimum atomic E-state index is -2.12. The van der Waals surface area contributed by atoms with E-state index in [0.717, 1.165) is 0 Å². The zero-order chi connectivity index (χ0) is 6.99. The molecule has 0 spiro atoms. The first-order valence-electron chi connectivity index (χ1n) is 1.81. The highest BCUT2D eigenvalue weighted by Crippen LogP contribution is 2.05. The van der Waals surface area contributed by atoms with Crippen LogP contribution >= 0.6 is 8.53 Å². The summed E-state index contributed by atoms with van der Waals surface area (Å²) in [6.07, 6.45) is 3.28. The fraction of sp³-hybridized carbons (Fsp3) is 0. The molecule has 48 valence electrons. The largest absolute Gasteiger partial charge is 0.338 e. The molecule has 0 aromatic carbocycles. The molecule has 0 aromatic heterocycles. The molecule has 0 saturated heterocycles. The van der Waals surface area contributed by atoms with Crippen molar-refractivity contribution < 1.29 is 9.79 Å². The fourth-order valence-electron chi connectivity index (χ4n) is 0. The van der Waals surface area contributed by atoms with Crippen molar-refractivity contribution in [2.24, 2.45) is 5.50 Å². The van der Waals surface area contributed by atoms with Gasteiger partial charge >= 0.3 is 0 Å². The van der Waals surface area contributed by atoms with Gasteiger partial charge < -0.3 is 9.79 Å². The van der Waals surface area contributed by atoms with E-state index in [0.29, 0.717) is 0 Å². The van der Waals surface area contributed by atoms with Gasteiger partial charge in [0.1, 0.15) is 0 Å². The molecule has 4 N–H and O–H groups in total. The van der Waals surface area contributed by atoms with E-state index in [1.807, 2.05) is 0 Å². The van der Waals surface area contributed by atoms with Gasteiger partial charge in [0.15, 0.2) is 0 Å². The minimum Gasteiger partial charge on any atom is -0.338 e. The lowest BCUT2D eigenvalue weighted by Gasteiger charge is -1.79. The lowest BCUT2D eigenvalue weighted by Crippen LogP contribution is -1.78. The van der Waals surface area contributed by atoms with Gasteiger partial charge in [0.25, 0.3) is 0 Å². The lowest BCUT2D eigenvalue weighted by atomic mass is 10.6. The van der Waals surface area contributed by atoms with Gasteiger partial charge in [0.05, 0.1) is 0 Å². The van der Waals surface area contributed by atoms with E-state index in [9.17, 15) is 0 Å². The standard InChI is InChI=1S/C4H6.H4NO2P/c1-3-4-2;1-4(2)3/h3-4H,1-2H2;2-3H,1H2. The number of hydrogen-bond donors (Lipinski definition) is 3. The summed E-state index contributed by atoms with van der Waals surface area (Å²) in [7, 11) is -2.12. The Morgan fingerprint density at radius 3 is 1.38 bits per heavy atom. The lowest BCUT2D eigenvalue weighted by molar-refractivity contribution is 0.485. The molecule has 0 unspecified atom stereocenters. The number of hydrogen-bond acceptors (Lipinski definition) is 3. The molecule has 0 aliphatic heterocycles. The van der Waals surface area contributed by atoms with Crippen LogP contribution in [0.4, 0.5) is 0 Å². The van der Waals surface area contributed by atoms with Gasteiger partial charge in [-0.2, -0.15) is 0 Å². The molecule has 0 aromatic rings. The molecule has 0 aliphatic carbocycles. The van der Waals surface area contributed by atoms with Crippen LogP contribution in [0, 0.1) is 0 Å². The van der Waals surface area contributed by atoms with Gasteiger partial charge in [-0.1, -0.05) is 25.3 Å². The maximum Gasteiger partial charge on any atom is 0.247 e. The summed E-state index contributed by atoms with van der Waals surface area (Å²) in [6.45, 7) is 6.72. The number of nitrogens with two attached hydrogens (primary N) is 1. The predicted octanol–water partition coefficient (Wildman–Crippen LogP) is 0.515. The number of rotatable bonds is 1. The first-order chi connectivity index (χ1) is 3.65. The third kappa shape index (κ3) is 213. The van der Waals surface area contributed by atoms with Crippen molar-refractivity contribution >= 4 is 8.53 Å². The van der Waals surface area contributed by atoms with Gasteiger partial charge in [-0.25, -0.2) is 0 Å². The van der Waals surface area contributed by atoms with E-state index in [2.05, 4.69) is 18.7 Å². The van der Waals surface area contributed by atoms with Crippen LogP contribution in [-0.4, -0.2) is 9.79 Å². The van der Waals surface area contributed by atoms with E-state index in [1.54, 1.807) is 12.2 Å². The van der Waals surface area contributed by atoms with Crippen LogP contribution in [0.3, 0.4) is 0 Å². The molecule has 0 radical (unpaired) electrons. The second-order valence-electron chi connectivity index (χ2n) is 0.792. The van der Waals surface area contributed by atoms with Crippen molar-refractivity contribution in [2.45, 2.75) is 0 Å². The summed E-state index contributed by atoms with van der Waals surface area (Å²) in [4.78, 5) is 14.9. The van der Waals surface area contributed by atoms with E-state index >= 15 is 0 Å². The van der Waals surface area contributed by atoms with Gasteiger partial charge in [0.2, 0.25) is 8.53 Å². The highest BCUT2D eigenvalue weighted by molar-refractivity contribution is 7.42. The molecule has 0 saturated carbocycles.